The van der Waals surface area contributed by atoms with Crippen LogP contribution in [0.1, 0.15) is 12.8 Å². The molecule has 0 amide bonds. The standard InChI is InChI=1S/C13H19N3/c1-10(11-6-8-15-9-7-11)16-13-5-3-2-4-12(13)14/h2-5,11,15-16H,1,6-9,14H2. The van der Waals surface area contributed by atoms with E-state index >= 15 is 0 Å². The number of nitrogens with two attached hydrogens (primary N) is 1. The molecule has 86 valence electrons. The Hall–Kier alpha value is -1.48. The van der Waals surface area contributed by atoms with Crippen LogP contribution in [0, 0.1) is 5.92 Å². The highest BCUT2D eigenvalue weighted by Crippen LogP contribution is 2.24. The summed E-state index contributed by atoms with van der Waals surface area (Å²) in [6.45, 7) is 6.28. The molecule has 1 saturated heterocycles. The summed E-state index contributed by atoms with van der Waals surface area (Å²) in [6, 6.07) is 7.81. The Morgan fingerprint density at radius 3 is 2.69 bits per heavy atom. The first-order valence-corrected chi connectivity index (χ1v) is 5.78. The van der Waals surface area contributed by atoms with Gasteiger partial charge < -0.3 is 16.4 Å². The fourth-order valence-electron chi connectivity index (χ4n) is 2.06. The first kappa shape index (κ1) is 11.0. The molecule has 4 N–H and O–H groups in total. The molecule has 1 aliphatic heterocycles. The van der Waals surface area contributed by atoms with E-state index in [2.05, 4.69) is 17.2 Å². The normalized spacial score (nSPS) is 17.0. The SMILES string of the molecule is C=C(Nc1ccccc1N)C1CCNCC1. The molecule has 2 rings (SSSR count). The zero-order chi connectivity index (χ0) is 11.4. The Morgan fingerprint density at radius 1 is 1.31 bits per heavy atom. The third-order valence-electron chi connectivity index (χ3n) is 3.09. The van der Waals surface area contributed by atoms with Crippen LogP contribution < -0.4 is 16.4 Å². The minimum atomic E-state index is 0.556. The lowest BCUT2D eigenvalue weighted by molar-refractivity contribution is 0.422. The predicted octanol–water partition coefficient (Wildman–Crippen LogP) is 2.19. The second-order valence-electron chi connectivity index (χ2n) is 4.26. The second kappa shape index (κ2) is 5.03. The van der Waals surface area contributed by atoms with Crippen LogP contribution in [0.25, 0.3) is 0 Å². The molecule has 0 aromatic heterocycles. The number of hydrogen-bond acceptors (Lipinski definition) is 3. The molecule has 0 atom stereocenters. The van der Waals surface area contributed by atoms with E-state index in [0.717, 1.165) is 43.0 Å². The molecule has 0 spiro atoms. The quantitative estimate of drug-likeness (QED) is 0.680. The molecule has 1 fully saturated rings. The van der Waals surface area contributed by atoms with Crippen molar-refractivity contribution < 1.29 is 0 Å². The molecule has 0 aliphatic carbocycles. The summed E-state index contributed by atoms with van der Waals surface area (Å²) in [7, 11) is 0. The zero-order valence-corrected chi connectivity index (χ0v) is 9.50. The monoisotopic (exact) mass is 217 g/mol. The Bertz CT molecular complexity index is 367. The van der Waals surface area contributed by atoms with E-state index in [1.54, 1.807) is 0 Å². The maximum atomic E-state index is 5.88. The van der Waals surface area contributed by atoms with E-state index in [0.29, 0.717) is 5.92 Å². The highest BCUT2D eigenvalue weighted by Gasteiger charge is 2.16. The van der Waals surface area contributed by atoms with Gasteiger partial charge >= 0.3 is 0 Å². The van der Waals surface area contributed by atoms with Crippen molar-refractivity contribution in [3.63, 3.8) is 0 Å². The number of piperidine rings is 1. The van der Waals surface area contributed by atoms with E-state index < -0.39 is 0 Å². The van der Waals surface area contributed by atoms with Gasteiger partial charge in [0.25, 0.3) is 0 Å². The Kier molecular flexibility index (Phi) is 3.47. The van der Waals surface area contributed by atoms with E-state index in [1.165, 1.54) is 0 Å². The van der Waals surface area contributed by atoms with Crippen molar-refractivity contribution in [2.24, 2.45) is 5.92 Å². The van der Waals surface area contributed by atoms with Crippen LogP contribution in [0.4, 0.5) is 11.4 Å². The van der Waals surface area contributed by atoms with Gasteiger partial charge in [0.05, 0.1) is 11.4 Å². The lowest BCUT2D eigenvalue weighted by Crippen LogP contribution is -2.29. The zero-order valence-electron chi connectivity index (χ0n) is 9.50. The number of rotatable bonds is 3. The van der Waals surface area contributed by atoms with Gasteiger partial charge in [-0.05, 0) is 38.1 Å². The maximum absolute atomic E-state index is 5.88. The van der Waals surface area contributed by atoms with Crippen LogP contribution >= 0.6 is 0 Å². The first-order chi connectivity index (χ1) is 7.77. The van der Waals surface area contributed by atoms with Gasteiger partial charge in [0.2, 0.25) is 0 Å². The number of benzene rings is 1. The lowest BCUT2D eigenvalue weighted by atomic mass is 9.95. The van der Waals surface area contributed by atoms with Crippen molar-refractivity contribution in [3.05, 3.63) is 36.5 Å². The van der Waals surface area contributed by atoms with Gasteiger partial charge in [0, 0.05) is 11.6 Å². The minimum Gasteiger partial charge on any atom is -0.397 e. The second-order valence-corrected chi connectivity index (χ2v) is 4.26. The molecular formula is C13H19N3. The molecule has 1 aliphatic rings. The summed E-state index contributed by atoms with van der Waals surface area (Å²) in [4.78, 5) is 0. The van der Waals surface area contributed by atoms with E-state index in [9.17, 15) is 0 Å². The molecule has 3 heteroatoms. The van der Waals surface area contributed by atoms with E-state index in [-0.39, 0.29) is 0 Å². The van der Waals surface area contributed by atoms with Gasteiger partial charge in [0.15, 0.2) is 0 Å². The first-order valence-electron chi connectivity index (χ1n) is 5.78. The van der Waals surface area contributed by atoms with Gasteiger partial charge in [-0.25, -0.2) is 0 Å². The van der Waals surface area contributed by atoms with Gasteiger partial charge in [-0.2, -0.15) is 0 Å². The van der Waals surface area contributed by atoms with E-state index in [1.807, 2.05) is 24.3 Å². The number of anilines is 2. The molecule has 0 radical (unpaired) electrons. The van der Waals surface area contributed by atoms with Crippen molar-refractivity contribution in [2.75, 3.05) is 24.1 Å². The number of allylic oxidation sites excluding steroid dienone is 1. The van der Waals surface area contributed by atoms with Crippen LogP contribution in [0.15, 0.2) is 36.5 Å². The fourth-order valence-corrected chi connectivity index (χ4v) is 2.06. The van der Waals surface area contributed by atoms with Crippen LogP contribution in [0.5, 0.6) is 0 Å². The van der Waals surface area contributed by atoms with E-state index in [4.69, 9.17) is 5.73 Å². The van der Waals surface area contributed by atoms with Crippen LogP contribution in [0.3, 0.4) is 0 Å². The number of nitrogens with one attached hydrogen (secondary N) is 2. The highest BCUT2D eigenvalue weighted by atomic mass is 14.9. The topological polar surface area (TPSA) is 50.1 Å². The summed E-state index contributed by atoms with van der Waals surface area (Å²) in [5.41, 5.74) is 8.70. The van der Waals surface area contributed by atoms with Crippen molar-refractivity contribution in [1.82, 2.24) is 5.32 Å². The summed E-state index contributed by atoms with van der Waals surface area (Å²) < 4.78 is 0. The average molecular weight is 217 g/mol. The summed E-state index contributed by atoms with van der Waals surface area (Å²) >= 11 is 0. The summed E-state index contributed by atoms with van der Waals surface area (Å²) in [5.74, 6) is 0.556. The number of hydrogen-bond donors (Lipinski definition) is 3. The highest BCUT2D eigenvalue weighted by molar-refractivity contribution is 5.67. The number of nitrogen functional groups attached to an aromatic ring is 1. The molecular weight excluding hydrogens is 198 g/mol. The third kappa shape index (κ3) is 2.55. The maximum Gasteiger partial charge on any atom is 0.0615 e. The molecule has 3 nitrogen and oxygen atoms in total. The molecule has 0 bridgehead atoms. The average Bonchev–Trinajstić information content (AvgIpc) is 2.33. The third-order valence-corrected chi connectivity index (χ3v) is 3.09. The largest absolute Gasteiger partial charge is 0.397 e. The molecule has 1 heterocycles. The van der Waals surface area contributed by atoms with Gasteiger partial charge in [-0.1, -0.05) is 18.7 Å². The van der Waals surface area contributed by atoms with Crippen molar-refractivity contribution >= 4 is 11.4 Å². The number of para-hydroxylation sites is 2. The summed E-state index contributed by atoms with van der Waals surface area (Å²) in [5, 5.41) is 6.68. The Balaban J connectivity index is 1.99. The smallest absolute Gasteiger partial charge is 0.0615 e. The molecule has 1 aromatic carbocycles. The Labute approximate surface area is 96.7 Å². The van der Waals surface area contributed by atoms with Gasteiger partial charge in [-0.15, -0.1) is 0 Å². The molecule has 0 unspecified atom stereocenters. The minimum absolute atomic E-state index is 0.556. The van der Waals surface area contributed by atoms with Crippen molar-refractivity contribution in [2.45, 2.75) is 12.8 Å². The predicted molar refractivity (Wildman–Crippen MR) is 69.2 cm³/mol. The van der Waals surface area contributed by atoms with Gasteiger partial charge in [-0.3, -0.25) is 0 Å². The van der Waals surface area contributed by atoms with Gasteiger partial charge in [0.1, 0.15) is 0 Å². The van der Waals surface area contributed by atoms with Crippen molar-refractivity contribution in [1.29, 1.82) is 0 Å². The van der Waals surface area contributed by atoms with Crippen LogP contribution in [-0.2, 0) is 0 Å². The molecule has 1 aromatic rings. The fraction of sp³-hybridized carbons (Fsp3) is 0.385. The summed E-state index contributed by atoms with van der Waals surface area (Å²) in [6.07, 6.45) is 2.30. The molecule has 16 heavy (non-hydrogen) atoms. The Morgan fingerprint density at radius 2 is 2.00 bits per heavy atom. The van der Waals surface area contributed by atoms with Crippen LogP contribution in [-0.4, -0.2) is 13.1 Å². The van der Waals surface area contributed by atoms with Crippen LogP contribution in [0.2, 0.25) is 0 Å². The molecule has 0 saturated carbocycles. The van der Waals surface area contributed by atoms with Crippen molar-refractivity contribution in [3.8, 4) is 0 Å². The lowest BCUT2D eigenvalue weighted by Gasteiger charge is -2.25.